The summed E-state index contributed by atoms with van der Waals surface area (Å²) in [7, 11) is 0. The van der Waals surface area contributed by atoms with Crippen LogP contribution in [0, 0.1) is 16.0 Å². The van der Waals surface area contributed by atoms with Gasteiger partial charge in [-0.05, 0) is 78.4 Å². The molecule has 1 aliphatic carbocycles. The van der Waals surface area contributed by atoms with Crippen molar-refractivity contribution >= 4 is 57.1 Å². The number of hydrogen-bond acceptors (Lipinski definition) is 6. The van der Waals surface area contributed by atoms with E-state index in [0.717, 1.165) is 52.5 Å². The second-order valence-electron chi connectivity index (χ2n) is 9.37. The highest BCUT2D eigenvalue weighted by atomic mass is 35.5. The van der Waals surface area contributed by atoms with Gasteiger partial charge in [-0.25, -0.2) is 9.99 Å². The van der Waals surface area contributed by atoms with E-state index in [1.54, 1.807) is 12.1 Å². The first-order chi connectivity index (χ1) is 18.5. The average Bonchev–Trinajstić information content (AvgIpc) is 3.57. The molecule has 9 heteroatoms. The number of allylic oxidation sites excluding steroid dienone is 1. The standard InChI is InChI=1S/C29H22Cl2N4O2S/c30-22-10-4-18(5-11-22)16-21-2-1-3-25-27(21)33-34(28(25)20-6-12-23(31)13-7-20)29-32-26(17-38-29)19-8-14-24(15-9-19)35(36)37/h4-17,25,28H,1-3H2/b21-16+/t25-,28+/m1/s1. The van der Waals surface area contributed by atoms with Crippen molar-refractivity contribution in [1.29, 1.82) is 0 Å². The number of nitrogens with zero attached hydrogens (tertiary/aromatic N) is 4. The molecular formula is C29H22Cl2N4O2S. The molecule has 1 fully saturated rings. The number of thiazole rings is 1. The smallest absolute Gasteiger partial charge is 0.258 e. The highest BCUT2D eigenvalue weighted by Crippen LogP contribution is 2.47. The fraction of sp³-hybridized carbons (Fsp3) is 0.172. The summed E-state index contributed by atoms with van der Waals surface area (Å²) in [5, 5.41) is 22.4. The van der Waals surface area contributed by atoms with E-state index >= 15 is 0 Å². The van der Waals surface area contributed by atoms with Crippen molar-refractivity contribution in [2.75, 3.05) is 5.01 Å². The molecule has 0 radical (unpaired) electrons. The summed E-state index contributed by atoms with van der Waals surface area (Å²) in [6, 6.07) is 22.3. The van der Waals surface area contributed by atoms with Crippen molar-refractivity contribution in [3.8, 4) is 11.3 Å². The van der Waals surface area contributed by atoms with Crippen LogP contribution in [0.3, 0.4) is 0 Å². The summed E-state index contributed by atoms with van der Waals surface area (Å²) in [4.78, 5) is 15.6. The van der Waals surface area contributed by atoms with E-state index in [9.17, 15) is 10.1 Å². The van der Waals surface area contributed by atoms with E-state index in [-0.39, 0.29) is 17.6 Å². The molecule has 3 aromatic carbocycles. The van der Waals surface area contributed by atoms with Crippen LogP contribution in [0.5, 0.6) is 0 Å². The van der Waals surface area contributed by atoms with Crippen LogP contribution in [0.1, 0.15) is 36.4 Å². The van der Waals surface area contributed by atoms with Gasteiger partial charge in [0.25, 0.3) is 5.69 Å². The maximum atomic E-state index is 11.1. The molecule has 6 nitrogen and oxygen atoms in total. The Morgan fingerprint density at radius 2 is 1.66 bits per heavy atom. The quantitative estimate of drug-likeness (QED) is 0.180. The monoisotopic (exact) mass is 560 g/mol. The van der Waals surface area contributed by atoms with Crippen molar-refractivity contribution in [2.24, 2.45) is 11.0 Å². The van der Waals surface area contributed by atoms with Crippen LogP contribution in [-0.2, 0) is 0 Å². The molecule has 0 bridgehead atoms. The molecule has 1 aliphatic heterocycles. The average molecular weight is 561 g/mol. The van der Waals surface area contributed by atoms with Gasteiger partial charge in [0, 0.05) is 39.0 Å². The summed E-state index contributed by atoms with van der Waals surface area (Å²) in [5.41, 5.74) is 6.22. The van der Waals surface area contributed by atoms with Gasteiger partial charge in [-0.3, -0.25) is 10.1 Å². The van der Waals surface area contributed by atoms with E-state index in [4.69, 9.17) is 33.3 Å². The minimum absolute atomic E-state index is 0.00737. The molecule has 38 heavy (non-hydrogen) atoms. The molecule has 4 aromatic rings. The fourth-order valence-corrected chi connectivity index (χ4v) is 6.24. The Kier molecular flexibility index (Phi) is 6.74. The van der Waals surface area contributed by atoms with Gasteiger partial charge >= 0.3 is 0 Å². The molecule has 1 saturated carbocycles. The summed E-state index contributed by atoms with van der Waals surface area (Å²) >= 11 is 13.8. The fourth-order valence-electron chi connectivity index (χ4n) is 5.17. The lowest BCUT2D eigenvalue weighted by atomic mass is 9.77. The van der Waals surface area contributed by atoms with E-state index in [0.29, 0.717) is 10.0 Å². The van der Waals surface area contributed by atoms with Crippen LogP contribution in [0.15, 0.2) is 88.9 Å². The van der Waals surface area contributed by atoms with Crippen LogP contribution >= 0.6 is 34.5 Å². The number of hydrogen-bond donors (Lipinski definition) is 0. The molecule has 2 atom stereocenters. The number of fused-ring (bicyclic) bond motifs is 1. The lowest BCUT2D eigenvalue weighted by Gasteiger charge is -2.29. The highest BCUT2D eigenvalue weighted by Gasteiger charge is 2.42. The largest absolute Gasteiger partial charge is 0.269 e. The van der Waals surface area contributed by atoms with E-state index in [1.165, 1.54) is 29.0 Å². The third-order valence-electron chi connectivity index (χ3n) is 6.99. The molecule has 2 heterocycles. The summed E-state index contributed by atoms with van der Waals surface area (Å²) in [6.07, 6.45) is 5.28. The predicted octanol–water partition coefficient (Wildman–Crippen LogP) is 8.83. The number of rotatable bonds is 5. The minimum Gasteiger partial charge on any atom is -0.258 e. The molecule has 0 unspecified atom stereocenters. The molecule has 0 amide bonds. The zero-order chi connectivity index (χ0) is 26.2. The van der Waals surface area contributed by atoms with Gasteiger partial charge in [0.05, 0.1) is 22.4 Å². The summed E-state index contributed by atoms with van der Waals surface area (Å²) in [6.45, 7) is 0. The Bertz CT molecular complexity index is 1550. The van der Waals surface area contributed by atoms with Gasteiger partial charge in [0.2, 0.25) is 5.13 Å². The minimum atomic E-state index is -0.399. The number of nitro groups is 1. The first kappa shape index (κ1) is 24.8. The Hall–Kier alpha value is -3.52. The lowest BCUT2D eigenvalue weighted by Crippen LogP contribution is -2.28. The van der Waals surface area contributed by atoms with E-state index in [2.05, 4.69) is 18.2 Å². The first-order valence-corrected chi connectivity index (χ1v) is 13.9. The Morgan fingerprint density at radius 3 is 2.34 bits per heavy atom. The molecule has 0 spiro atoms. The zero-order valence-electron chi connectivity index (χ0n) is 20.1. The molecular weight excluding hydrogens is 539 g/mol. The summed E-state index contributed by atoms with van der Waals surface area (Å²) in [5.74, 6) is 0.218. The van der Waals surface area contributed by atoms with Gasteiger partial charge in [-0.15, -0.1) is 11.3 Å². The number of non-ortho nitro benzene ring substituents is 1. The van der Waals surface area contributed by atoms with E-state index in [1.807, 2.05) is 46.8 Å². The number of hydrazone groups is 1. The van der Waals surface area contributed by atoms with Gasteiger partial charge in [0.1, 0.15) is 0 Å². The maximum Gasteiger partial charge on any atom is 0.269 e. The third-order valence-corrected chi connectivity index (χ3v) is 8.32. The van der Waals surface area contributed by atoms with Crippen LogP contribution < -0.4 is 5.01 Å². The van der Waals surface area contributed by atoms with Gasteiger partial charge in [0.15, 0.2) is 0 Å². The number of halogens is 2. The molecule has 0 saturated heterocycles. The second-order valence-corrected chi connectivity index (χ2v) is 11.1. The molecule has 2 aliphatic rings. The third kappa shape index (κ3) is 4.85. The van der Waals surface area contributed by atoms with Gasteiger partial charge in [-0.2, -0.15) is 5.10 Å². The van der Waals surface area contributed by atoms with Crippen LogP contribution in [0.25, 0.3) is 17.3 Å². The van der Waals surface area contributed by atoms with Crippen molar-refractivity contribution in [1.82, 2.24) is 4.98 Å². The number of nitro benzene ring substituents is 1. The highest BCUT2D eigenvalue weighted by molar-refractivity contribution is 7.14. The SMILES string of the molecule is O=[N+]([O-])c1ccc(-c2csc(N3N=C4/C(=C/c5ccc(Cl)cc5)CCC[C@H]4[C@@H]3c3ccc(Cl)cc3)n2)cc1. The van der Waals surface area contributed by atoms with Crippen LogP contribution in [0.4, 0.5) is 10.8 Å². The Morgan fingerprint density at radius 1 is 0.974 bits per heavy atom. The molecule has 6 rings (SSSR count). The van der Waals surface area contributed by atoms with Crippen molar-refractivity contribution in [3.63, 3.8) is 0 Å². The normalized spacial score (nSPS) is 19.9. The molecule has 190 valence electrons. The maximum absolute atomic E-state index is 11.1. The molecule has 1 aromatic heterocycles. The Labute approximate surface area is 234 Å². The van der Waals surface area contributed by atoms with Gasteiger partial charge in [-0.1, -0.05) is 47.5 Å². The zero-order valence-corrected chi connectivity index (χ0v) is 22.5. The molecule has 0 N–H and O–H groups in total. The number of anilines is 1. The predicted molar refractivity (Wildman–Crippen MR) is 155 cm³/mol. The number of aromatic nitrogens is 1. The van der Waals surface area contributed by atoms with Crippen LogP contribution in [0.2, 0.25) is 10.0 Å². The topological polar surface area (TPSA) is 71.6 Å². The van der Waals surface area contributed by atoms with Crippen LogP contribution in [-0.4, -0.2) is 15.6 Å². The van der Waals surface area contributed by atoms with Crippen molar-refractivity contribution in [2.45, 2.75) is 25.3 Å². The van der Waals surface area contributed by atoms with Gasteiger partial charge < -0.3 is 0 Å². The summed E-state index contributed by atoms with van der Waals surface area (Å²) < 4.78 is 0. The number of benzene rings is 3. The van der Waals surface area contributed by atoms with E-state index < -0.39 is 4.92 Å². The van der Waals surface area contributed by atoms with Crippen molar-refractivity contribution in [3.05, 3.63) is 115 Å². The van der Waals surface area contributed by atoms with Crippen molar-refractivity contribution < 1.29 is 4.92 Å². The Balaban J connectivity index is 1.39. The lowest BCUT2D eigenvalue weighted by molar-refractivity contribution is -0.384. The second kappa shape index (κ2) is 10.3. The first-order valence-electron chi connectivity index (χ1n) is 12.3.